The number of aliphatic hydroxyl groups excluding tert-OH is 1. The molecular weight excluding hydrogens is 295 g/mol. The molecule has 0 aliphatic carbocycles. The van der Waals surface area contributed by atoms with E-state index in [1.807, 2.05) is 12.2 Å². The van der Waals surface area contributed by atoms with Gasteiger partial charge in [-0.2, -0.15) is 0 Å². The Balaban J connectivity index is 3.49. The van der Waals surface area contributed by atoms with E-state index >= 15 is 0 Å². The molecule has 0 unspecified atom stereocenters. The summed E-state index contributed by atoms with van der Waals surface area (Å²) in [4.78, 5) is 10.7. The van der Waals surface area contributed by atoms with E-state index in [2.05, 4.69) is 27.3 Å². The van der Waals surface area contributed by atoms with E-state index in [1.54, 1.807) is 10.2 Å². The van der Waals surface area contributed by atoms with Gasteiger partial charge in [-0.15, -0.1) is 0 Å². The first-order valence-electron chi connectivity index (χ1n) is 4.37. The minimum Gasteiger partial charge on any atom is -0.469 e. The predicted octanol–water partition coefficient (Wildman–Crippen LogP) is 2.20. The fourth-order valence-corrected chi connectivity index (χ4v) is 1.30. The van der Waals surface area contributed by atoms with Gasteiger partial charge in [-0.25, -0.2) is 0 Å². The van der Waals surface area contributed by atoms with Crippen LogP contribution in [0.4, 0.5) is 0 Å². The van der Waals surface area contributed by atoms with Gasteiger partial charge < -0.3 is 9.84 Å². The molecule has 1 N–H and O–H groups in total. The topological polar surface area (TPSA) is 46.5 Å². The Morgan fingerprint density at radius 3 is 2.86 bits per heavy atom. The summed E-state index contributed by atoms with van der Waals surface area (Å²) in [5, 5.41) is 9.27. The van der Waals surface area contributed by atoms with Gasteiger partial charge in [-0.1, -0.05) is 34.7 Å². The Morgan fingerprint density at radius 1 is 1.57 bits per heavy atom. The molecule has 0 saturated carbocycles. The minimum atomic E-state index is -0.429. The van der Waals surface area contributed by atoms with Crippen LogP contribution in [-0.4, -0.2) is 24.3 Å². The van der Waals surface area contributed by atoms with Crippen LogP contribution in [0.3, 0.4) is 0 Å². The van der Waals surface area contributed by atoms with Gasteiger partial charge in [-0.3, -0.25) is 4.79 Å². The van der Waals surface area contributed by atoms with Crippen molar-refractivity contribution >= 4 is 28.6 Å². The van der Waals surface area contributed by atoms with Crippen molar-refractivity contribution in [3.63, 3.8) is 0 Å². The average molecular weight is 310 g/mol. The van der Waals surface area contributed by atoms with Crippen molar-refractivity contribution in [1.29, 1.82) is 0 Å². The summed E-state index contributed by atoms with van der Waals surface area (Å²) >= 11 is 2.06. The molecule has 0 aromatic carbocycles. The molecule has 0 aliphatic rings. The van der Waals surface area contributed by atoms with E-state index in [0.717, 1.165) is 0 Å². The Kier molecular flexibility index (Phi) is 8.97. The Hall–Kier alpha value is -0.360. The quantitative estimate of drug-likeness (QED) is 0.465. The maximum absolute atomic E-state index is 10.7. The first kappa shape index (κ1) is 13.6. The number of rotatable bonds is 6. The highest BCUT2D eigenvalue weighted by Gasteiger charge is 1.96. The van der Waals surface area contributed by atoms with Crippen molar-refractivity contribution in [2.24, 2.45) is 0 Å². The molecule has 0 aromatic heterocycles. The molecule has 0 fully saturated rings. The van der Waals surface area contributed by atoms with Crippen LogP contribution in [0.2, 0.25) is 0 Å². The van der Waals surface area contributed by atoms with Gasteiger partial charge in [0, 0.05) is 6.42 Å². The van der Waals surface area contributed by atoms with Crippen molar-refractivity contribution in [3.05, 3.63) is 22.3 Å². The summed E-state index contributed by atoms with van der Waals surface area (Å²) in [6.45, 7) is 0. The standard InChI is InChI=1S/C10H15IO3/c1-14-10(13)6-4-2-3-5-9(12)7-8-11/h2-3,7-9,12H,4-6H2,1H3/b3-2-,8-7+/t9-/m1/s1. The van der Waals surface area contributed by atoms with Crippen LogP contribution >= 0.6 is 22.6 Å². The van der Waals surface area contributed by atoms with Gasteiger partial charge in [0.1, 0.15) is 0 Å². The highest BCUT2D eigenvalue weighted by Crippen LogP contribution is 2.00. The maximum atomic E-state index is 10.7. The minimum absolute atomic E-state index is 0.206. The number of hydrogen-bond donors (Lipinski definition) is 1. The highest BCUT2D eigenvalue weighted by atomic mass is 127. The predicted molar refractivity (Wildman–Crippen MR) is 64.2 cm³/mol. The third kappa shape index (κ3) is 8.25. The second-order valence-corrected chi connectivity index (χ2v) is 3.43. The van der Waals surface area contributed by atoms with Gasteiger partial charge >= 0.3 is 5.97 Å². The van der Waals surface area contributed by atoms with Crippen molar-refractivity contribution in [1.82, 2.24) is 0 Å². The van der Waals surface area contributed by atoms with Crippen molar-refractivity contribution < 1.29 is 14.6 Å². The summed E-state index contributed by atoms with van der Waals surface area (Å²) in [5.41, 5.74) is 0. The molecular formula is C10H15IO3. The third-order valence-electron chi connectivity index (χ3n) is 1.58. The number of esters is 1. The molecule has 0 rings (SSSR count). The first-order chi connectivity index (χ1) is 6.70. The lowest BCUT2D eigenvalue weighted by molar-refractivity contribution is -0.140. The lowest BCUT2D eigenvalue weighted by atomic mass is 10.2. The van der Waals surface area contributed by atoms with Crippen LogP contribution in [-0.2, 0) is 9.53 Å². The maximum Gasteiger partial charge on any atom is 0.305 e. The van der Waals surface area contributed by atoms with Crippen molar-refractivity contribution in [3.8, 4) is 0 Å². The van der Waals surface area contributed by atoms with Crippen LogP contribution in [0, 0.1) is 0 Å². The summed E-state index contributed by atoms with van der Waals surface area (Å²) < 4.78 is 6.26. The number of hydrogen-bond acceptors (Lipinski definition) is 3. The van der Waals surface area contributed by atoms with Crippen LogP contribution in [0.1, 0.15) is 19.3 Å². The second-order valence-electron chi connectivity index (χ2n) is 2.71. The van der Waals surface area contributed by atoms with E-state index in [4.69, 9.17) is 0 Å². The van der Waals surface area contributed by atoms with Crippen LogP contribution < -0.4 is 0 Å². The monoisotopic (exact) mass is 310 g/mol. The molecule has 0 spiro atoms. The molecule has 3 nitrogen and oxygen atoms in total. The molecule has 1 atom stereocenters. The second kappa shape index (κ2) is 9.21. The van der Waals surface area contributed by atoms with Gasteiger partial charge in [0.2, 0.25) is 0 Å². The van der Waals surface area contributed by atoms with E-state index in [0.29, 0.717) is 19.3 Å². The number of carbonyl (C=O) groups is 1. The molecule has 0 heterocycles. The number of methoxy groups -OCH3 is 1. The molecule has 80 valence electrons. The first-order valence-corrected chi connectivity index (χ1v) is 5.62. The SMILES string of the molecule is COC(=O)CC/C=C\C[C@@H](O)/C=C/I. The number of carbonyl (C=O) groups excluding carboxylic acids is 1. The van der Waals surface area contributed by atoms with Crippen LogP contribution in [0.15, 0.2) is 22.3 Å². The molecule has 0 bridgehead atoms. The van der Waals surface area contributed by atoms with Gasteiger partial charge in [-0.05, 0) is 23.0 Å². The fourth-order valence-electron chi connectivity index (χ4n) is 0.819. The summed E-state index contributed by atoms with van der Waals surface area (Å²) in [7, 11) is 1.38. The van der Waals surface area contributed by atoms with Gasteiger partial charge in [0.05, 0.1) is 13.2 Å². The molecule has 0 radical (unpaired) electrons. The summed E-state index contributed by atoms with van der Waals surface area (Å²) in [6.07, 6.45) is 6.66. The number of ether oxygens (including phenoxy) is 1. The molecule has 0 amide bonds. The Labute approximate surface area is 98.0 Å². The fraction of sp³-hybridized carbons (Fsp3) is 0.500. The molecule has 4 heteroatoms. The van der Waals surface area contributed by atoms with E-state index < -0.39 is 6.10 Å². The zero-order chi connectivity index (χ0) is 10.8. The average Bonchev–Trinajstić information content (AvgIpc) is 2.17. The molecule has 0 aliphatic heterocycles. The number of halogens is 1. The van der Waals surface area contributed by atoms with Crippen LogP contribution in [0.5, 0.6) is 0 Å². The lowest BCUT2D eigenvalue weighted by Gasteiger charge is -1.98. The zero-order valence-electron chi connectivity index (χ0n) is 8.15. The van der Waals surface area contributed by atoms with E-state index in [-0.39, 0.29) is 5.97 Å². The van der Waals surface area contributed by atoms with Crippen molar-refractivity contribution in [2.75, 3.05) is 7.11 Å². The van der Waals surface area contributed by atoms with E-state index in [9.17, 15) is 9.90 Å². The van der Waals surface area contributed by atoms with Gasteiger partial charge in [0.15, 0.2) is 0 Å². The number of allylic oxidation sites excluding steroid dienone is 1. The molecule has 14 heavy (non-hydrogen) atoms. The smallest absolute Gasteiger partial charge is 0.305 e. The van der Waals surface area contributed by atoms with Crippen molar-refractivity contribution in [2.45, 2.75) is 25.4 Å². The highest BCUT2D eigenvalue weighted by molar-refractivity contribution is 14.1. The number of aliphatic hydroxyl groups is 1. The zero-order valence-corrected chi connectivity index (χ0v) is 10.3. The largest absolute Gasteiger partial charge is 0.469 e. The lowest BCUT2D eigenvalue weighted by Crippen LogP contribution is -1.99. The normalized spacial score (nSPS) is 13.6. The summed E-state index contributed by atoms with van der Waals surface area (Å²) in [6, 6.07) is 0. The van der Waals surface area contributed by atoms with E-state index in [1.165, 1.54) is 7.11 Å². The van der Waals surface area contributed by atoms with Crippen LogP contribution in [0.25, 0.3) is 0 Å². The third-order valence-corrected chi connectivity index (χ3v) is 2.00. The Morgan fingerprint density at radius 2 is 2.29 bits per heavy atom. The molecule has 0 aromatic rings. The Bertz CT molecular complexity index is 211. The van der Waals surface area contributed by atoms with Gasteiger partial charge in [0.25, 0.3) is 0 Å². The molecule has 0 saturated heterocycles. The summed E-state index contributed by atoms with van der Waals surface area (Å²) in [5.74, 6) is -0.206.